The molecule has 1 heterocycles. The number of benzene rings is 1. The van der Waals surface area contributed by atoms with E-state index in [9.17, 15) is 18.0 Å². The SMILES string of the molecule is O=C(/C=C/c1ccc(Cl)c(Cl)c1)NNC(=O)C[C@@H]1CCS(=O)(=O)C1. The first-order valence-electron chi connectivity index (χ1n) is 7.17. The van der Waals surface area contributed by atoms with Crippen molar-refractivity contribution in [3.8, 4) is 0 Å². The summed E-state index contributed by atoms with van der Waals surface area (Å²) in [7, 11) is -3.02. The van der Waals surface area contributed by atoms with Gasteiger partial charge in [0.15, 0.2) is 9.84 Å². The third-order valence-corrected chi connectivity index (χ3v) is 6.07. The maximum atomic E-state index is 11.7. The number of rotatable bonds is 4. The molecule has 1 aliphatic heterocycles. The lowest BCUT2D eigenvalue weighted by Gasteiger charge is -2.08. The Morgan fingerprint density at radius 2 is 1.96 bits per heavy atom. The second-order valence-electron chi connectivity index (χ2n) is 5.52. The molecule has 0 aliphatic carbocycles. The molecular weight excluding hydrogens is 375 g/mol. The molecule has 0 unspecified atom stereocenters. The van der Waals surface area contributed by atoms with Crippen LogP contribution >= 0.6 is 23.2 Å². The van der Waals surface area contributed by atoms with Gasteiger partial charge in [-0.25, -0.2) is 8.42 Å². The van der Waals surface area contributed by atoms with E-state index in [0.717, 1.165) is 0 Å². The Bertz CT molecular complexity index is 778. The summed E-state index contributed by atoms with van der Waals surface area (Å²) >= 11 is 11.7. The first kappa shape index (κ1) is 18.8. The van der Waals surface area contributed by atoms with Gasteiger partial charge in [0.05, 0.1) is 21.6 Å². The molecule has 0 spiro atoms. The van der Waals surface area contributed by atoms with Gasteiger partial charge in [-0.2, -0.15) is 0 Å². The highest BCUT2D eigenvalue weighted by atomic mass is 35.5. The summed E-state index contributed by atoms with van der Waals surface area (Å²) in [4.78, 5) is 23.3. The zero-order valence-electron chi connectivity index (χ0n) is 12.6. The van der Waals surface area contributed by atoms with E-state index in [0.29, 0.717) is 22.0 Å². The second kappa shape index (κ2) is 8.00. The largest absolute Gasteiger partial charge is 0.273 e. The number of hydrazine groups is 1. The molecular formula is C15H16Cl2N2O4S. The lowest BCUT2D eigenvalue weighted by molar-refractivity contribution is -0.127. The normalized spacial score (nSPS) is 19.3. The van der Waals surface area contributed by atoms with Crippen molar-refractivity contribution in [2.45, 2.75) is 12.8 Å². The highest BCUT2D eigenvalue weighted by Gasteiger charge is 2.29. The van der Waals surface area contributed by atoms with Crippen molar-refractivity contribution in [1.29, 1.82) is 0 Å². The summed E-state index contributed by atoms with van der Waals surface area (Å²) in [5.41, 5.74) is 5.18. The number of hydrogen-bond acceptors (Lipinski definition) is 4. The highest BCUT2D eigenvalue weighted by molar-refractivity contribution is 7.91. The summed E-state index contributed by atoms with van der Waals surface area (Å²) in [5.74, 6) is -1.00. The molecule has 6 nitrogen and oxygen atoms in total. The lowest BCUT2D eigenvalue weighted by Crippen LogP contribution is -2.41. The minimum Gasteiger partial charge on any atom is -0.273 e. The summed E-state index contributed by atoms with van der Waals surface area (Å²) in [5, 5.41) is 0.790. The molecule has 1 aromatic carbocycles. The monoisotopic (exact) mass is 390 g/mol. The van der Waals surface area contributed by atoms with E-state index in [1.54, 1.807) is 18.2 Å². The van der Waals surface area contributed by atoms with E-state index in [1.807, 2.05) is 0 Å². The van der Waals surface area contributed by atoms with Gasteiger partial charge in [0, 0.05) is 12.5 Å². The maximum Gasteiger partial charge on any atom is 0.262 e. The molecule has 1 aliphatic rings. The number of carbonyl (C=O) groups excluding carboxylic acids is 2. The molecule has 9 heteroatoms. The van der Waals surface area contributed by atoms with Gasteiger partial charge >= 0.3 is 0 Å². The Morgan fingerprint density at radius 3 is 2.58 bits per heavy atom. The molecule has 0 saturated carbocycles. The zero-order chi connectivity index (χ0) is 17.7. The van der Waals surface area contributed by atoms with Gasteiger partial charge in [0.25, 0.3) is 5.91 Å². The Morgan fingerprint density at radius 1 is 1.21 bits per heavy atom. The number of amides is 2. The zero-order valence-corrected chi connectivity index (χ0v) is 14.9. The standard InChI is InChI=1S/C15H16Cl2N2O4S/c16-12-3-1-10(7-13(12)17)2-4-14(20)18-19-15(21)8-11-5-6-24(22,23)9-11/h1-4,7,11H,5-6,8-9H2,(H,18,20)(H,19,21)/b4-2+/t11-/m0/s1. The third kappa shape index (κ3) is 5.81. The number of hydrogen-bond donors (Lipinski definition) is 2. The molecule has 1 aromatic rings. The van der Waals surface area contributed by atoms with E-state index in [1.165, 1.54) is 12.2 Å². The van der Waals surface area contributed by atoms with E-state index >= 15 is 0 Å². The topological polar surface area (TPSA) is 92.3 Å². The van der Waals surface area contributed by atoms with E-state index in [2.05, 4.69) is 10.9 Å². The van der Waals surface area contributed by atoms with Crippen LogP contribution in [0.25, 0.3) is 6.08 Å². The molecule has 0 radical (unpaired) electrons. The highest BCUT2D eigenvalue weighted by Crippen LogP contribution is 2.23. The van der Waals surface area contributed by atoms with Crippen LogP contribution in [-0.2, 0) is 19.4 Å². The number of carbonyl (C=O) groups is 2. The quantitative estimate of drug-likeness (QED) is 0.607. The van der Waals surface area contributed by atoms with Gasteiger partial charge in [-0.3, -0.25) is 20.4 Å². The van der Waals surface area contributed by atoms with Crippen LogP contribution in [0.15, 0.2) is 24.3 Å². The predicted molar refractivity (Wildman–Crippen MR) is 93.2 cm³/mol. The van der Waals surface area contributed by atoms with E-state index in [-0.39, 0.29) is 23.8 Å². The summed E-state index contributed by atoms with van der Waals surface area (Å²) in [6.07, 6.45) is 3.30. The molecule has 130 valence electrons. The predicted octanol–water partition coefficient (Wildman–Crippen LogP) is 1.98. The second-order valence-corrected chi connectivity index (χ2v) is 8.56. The van der Waals surface area contributed by atoms with Gasteiger partial charge in [-0.1, -0.05) is 29.3 Å². The molecule has 24 heavy (non-hydrogen) atoms. The molecule has 1 atom stereocenters. The first-order valence-corrected chi connectivity index (χ1v) is 9.75. The number of halogens is 2. The Hall–Kier alpha value is -1.57. The Labute approximate surface area is 150 Å². The van der Waals surface area contributed by atoms with Crippen LogP contribution in [0.2, 0.25) is 10.0 Å². The van der Waals surface area contributed by atoms with Gasteiger partial charge in [-0.15, -0.1) is 0 Å². The van der Waals surface area contributed by atoms with Gasteiger partial charge in [0.1, 0.15) is 0 Å². The molecule has 1 saturated heterocycles. The van der Waals surface area contributed by atoms with Crippen molar-refractivity contribution < 1.29 is 18.0 Å². The van der Waals surface area contributed by atoms with E-state index in [4.69, 9.17) is 23.2 Å². The van der Waals surface area contributed by atoms with Gasteiger partial charge in [-0.05, 0) is 36.1 Å². The minimum atomic E-state index is -3.02. The van der Waals surface area contributed by atoms with Gasteiger partial charge in [0.2, 0.25) is 5.91 Å². The first-order chi connectivity index (χ1) is 11.2. The molecule has 2 rings (SSSR count). The van der Waals surface area contributed by atoms with Crippen LogP contribution in [0.1, 0.15) is 18.4 Å². The number of sulfone groups is 1. The summed E-state index contributed by atoms with van der Waals surface area (Å²) in [6, 6.07) is 4.91. The van der Waals surface area contributed by atoms with Crippen LogP contribution in [0.4, 0.5) is 0 Å². The van der Waals surface area contributed by atoms with Crippen LogP contribution in [0.3, 0.4) is 0 Å². The summed E-state index contributed by atoms with van der Waals surface area (Å²) < 4.78 is 22.7. The fraction of sp³-hybridized carbons (Fsp3) is 0.333. The van der Waals surface area contributed by atoms with E-state index < -0.39 is 21.7 Å². The van der Waals surface area contributed by atoms with Crippen molar-refractivity contribution >= 4 is 50.9 Å². The molecule has 1 fully saturated rings. The van der Waals surface area contributed by atoms with Crippen LogP contribution in [0, 0.1) is 5.92 Å². The fourth-order valence-corrected chi connectivity index (χ4v) is 4.48. The van der Waals surface area contributed by atoms with Crippen LogP contribution < -0.4 is 10.9 Å². The average Bonchev–Trinajstić information content (AvgIpc) is 2.85. The maximum absolute atomic E-state index is 11.7. The van der Waals surface area contributed by atoms with Crippen molar-refractivity contribution in [2.75, 3.05) is 11.5 Å². The average molecular weight is 391 g/mol. The fourth-order valence-electron chi connectivity index (χ4n) is 2.31. The van der Waals surface area contributed by atoms with Crippen molar-refractivity contribution in [3.63, 3.8) is 0 Å². The molecule has 0 bridgehead atoms. The molecule has 2 N–H and O–H groups in total. The minimum absolute atomic E-state index is 0.0194. The molecule has 0 aromatic heterocycles. The number of nitrogens with one attached hydrogen (secondary N) is 2. The van der Waals surface area contributed by atoms with Crippen LogP contribution in [0.5, 0.6) is 0 Å². The van der Waals surface area contributed by atoms with Crippen molar-refractivity contribution in [1.82, 2.24) is 10.9 Å². The van der Waals surface area contributed by atoms with Crippen molar-refractivity contribution in [3.05, 3.63) is 39.9 Å². The van der Waals surface area contributed by atoms with Crippen LogP contribution in [-0.4, -0.2) is 31.7 Å². The van der Waals surface area contributed by atoms with Gasteiger partial charge < -0.3 is 0 Å². The van der Waals surface area contributed by atoms with Crippen molar-refractivity contribution in [2.24, 2.45) is 5.92 Å². The Balaban J connectivity index is 1.77. The Kier molecular flexibility index (Phi) is 6.26. The lowest BCUT2D eigenvalue weighted by atomic mass is 10.1. The third-order valence-electron chi connectivity index (χ3n) is 3.50. The summed E-state index contributed by atoms with van der Waals surface area (Å²) in [6.45, 7) is 0. The molecule has 2 amide bonds. The smallest absolute Gasteiger partial charge is 0.262 e.